The van der Waals surface area contributed by atoms with Crippen molar-refractivity contribution in [3.63, 3.8) is 0 Å². The van der Waals surface area contributed by atoms with E-state index in [2.05, 4.69) is 26.2 Å². The summed E-state index contributed by atoms with van der Waals surface area (Å²) in [5, 5.41) is 2.54. The van der Waals surface area contributed by atoms with E-state index >= 15 is 0 Å². The van der Waals surface area contributed by atoms with E-state index in [0.29, 0.717) is 10.3 Å². The average Bonchev–Trinajstić information content (AvgIpc) is 2.79. The maximum Gasteiger partial charge on any atom is 0.244 e. The van der Waals surface area contributed by atoms with Crippen LogP contribution >= 0.6 is 15.9 Å². The van der Waals surface area contributed by atoms with Crippen LogP contribution in [0.2, 0.25) is 0 Å². The number of rotatable bonds is 3. The van der Waals surface area contributed by atoms with E-state index in [1.54, 1.807) is 21.9 Å². The Labute approximate surface area is 140 Å². The fourth-order valence-electron chi connectivity index (χ4n) is 2.21. The van der Waals surface area contributed by atoms with Crippen LogP contribution in [-0.2, 0) is 27.7 Å². The zero-order valence-corrected chi connectivity index (χ0v) is 13.8. The maximum atomic E-state index is 13.8. The van der Waals surface area contributed by atoms with Crippen molar-refractivity contribution in [2.75, 3.05) is 24.0 Å². The number of fused-ring (bicyclic) bond motifs is 1. The summed E-state index contributed by atoms with van der Waals surface area (Å²) in [6.45, 7) is 0.426. The number of amides is 1. The fourth-order valence-corrected chi connectivity index (χ4v) is 2.54. The number of benzene rings is 1. The molecule has 9 heteroatoms. The summed E-state index contributed by atoms with van der Waals surface area (Å²) >= 11 is 3.17. The Balaban J connectivity index is 1.73. The van der Waals surface area contributed by atoms with E-state index in [9.17, 15) is 9.18 Å². The van der Waals surface area contributed by atoms with E-state index in [-0.39, 0.29) is 31.5 Å². The summed E-state index contributed by atoms with van der Waals surface area (Å²) in [6, 6.07) is 4.44. The Kier molecular flexibility index (Phi) is 4.60. The molecule has 0 saturated carbocycles. The molecule has 3 rings (SSSR count). The molecule has 1 aromatic carbocycles. The van der Waals surface area contributed by atoms with Gasteiger partial charge in [0.15, 0.2) is 12.5 Å². The predicted octanol–water partition coefficient (Wildman–Crippen LogP) is 2.28. The van der Waals surface area contributed by atoms with Crippen molar-refractivity contribution in [1.29, 1.82) is 0 Å². The first-order valence-electron chi connectivity index (χ1n) is 6.79. The molecule has 1 aliphatic heterocycles. The van der Waals surface area contributed by atoms with Gasteiger partial charge in [0, 0.05) is 11.5 Å². The fraction of sp³-hybridized carbons (Fsp3) is 0.286. The SMILES string of the molecule is CN1COOCc2c1ncn2CC(=O)Nc1ccc(Br)cc1F. The van der Waals surface area contributed by atoms with Crippen LogP contribution in [0.5, 0.6) is 0 Å². The molecular weight excluding hydrogens is 371 g/mol. The molecule has 0 aliphatic carbocycles. The van der Waals surface area contributed by atoms with Gasteiger partial charge >= 0.3 is 0 Å². The number of hydrogen-bond acceptors (Lipinski definition) is 5. The van der Waals surface area contributed by atoms with Gasteiger partial charge in [-0.15, -0.1) is 0 Å². The molecule has 1 amide bonds. The monoisotopic (exact) mass is 384 g/mol. The Morgan fingerprint density at radius 2 is 2.30 bits per heavy atom. The molecule has 1 N–H and O–H groups in total. The van der Waals surface area contributed by atoms with Crippen molar-refractivity contribution in [1.82, 2.24) is 9.55 Å². The summed E-state index contributed by atoms with van der Waals surface area (Å²) < 4.78 is 16.0. The topological polar surface area (TPSA) is 68.6 Å². The Morgan fingerprint density at radius 1 is 1.48 bits per heavy atom. The number of aromatic nitrogens is 2. The predicted molar refractivity (Wildman–Crippen MR) is 84.1 cm³/mol. The standard InChI is InChI=1S/C14H14BrFN4O3/c1-19-8-23-22-6-12-14(19)17-7-20(12)5-13(21)18-11-3-2-9(15)4-10(11)16/h2-4,7H,5-6,8H2,1H3,(H,18,21). The van der Waals surface area contributed by atoms with Crippen LogP contribution in [0.15, 0.2) is 29.0 Å². The van der Waals surface area contributed by atoms with E-state index in [4.69, 9.17) is 9.78 Å². The zero-order valence-electron chi connectivity index (χ0n) is 12.3. The minimum atomic E-state index is -0.506. The van der Waals surface area contributed by atoms with Gasteiger partial charge in [-0.3, -0.25) is 4.79 Å². The molecule has 0 bridgehead atoms. The Hall–Kier alpha value is -1.97. The third-order valence-corrected chi connectivity index (χ3v) is 3.82. The third-order valence-electron chi connectivity index (χ3n) is 3.33. The lowest BCUT2D eigenvalue weighted by atomic mass is 10.3. The molecule has 1 aromatic heterocycles. The molecule has 2 aromatic rings. The summed E-state index contributed by atoms with van der Waals surface area (Å²) in [5.74, 6) is -0.182. The quantitative estimate of drug-likeness (QED) is 0.822. The molecule has 2 heterocycles. The molecule has 0 unspecified atom stereocenters. The van der Waals surface area contributed by atoms with E-state index in [1.807, 2.05) is 7.05 Å². The summed E-state index contributed by atoms with van der Waals surface area (Å²) in [7, 11) is 1.81. The first-order chi connectivity index (χ1) is 11.0. The Bertz CT molecular complexity index is 737. The number of carbonyl (C=O) groups excluding carboxylic acids is 1. The highest BCUT2D eigenvalue weighted by atomic mass is 79.9. The van der Waals surface area contributed by atoms with Gasteiger partial charge in [0.05, 0.1) is 17.7 Å². The number of halogens is 2. The van der Waals surface area contributed by atoms with Crippen LogP contribution < -0.4 is 10.2 Å². The van der Waals surface area contributed by atoms with Crippen LogP contribution in [0, 0.1) is 5.82 Å². The van der Waals surface area contributed by atoms with Crippen molar-refractivity contribution in [2.24, 2.45) is 0 Å². The lowest BCUT2D eigenvalue weighted by Crippen LogP contribution is -2.21. The van der Waals surface area contributed by atoms with Gasteiger partial charge in [0.25, 0.3) is 0 Å². The molecule has 0 fully saturated rings. The first kappa shape index (κ1) is 15.9. The minimum Gasteiger partial charge on any atom is -0.332 e. The number of nitrogens with zero attached hydrogens (tertiary/aromatic N) is 3. The summed E-state index contributed by atoms with van der Waals surface area (Å²) in [5.41, 5.74) is 0.845. The van der Waals surface area contributed by atoms with Gasteiger partial charge in [-0.1, -0.05) is 15.9 Å². The zero-order chi connectivity index (χ0) is 16.4. The molecule has 0 radical (unpaired) electrons. The van der Waals surface area contributed by atoms with E-state index < -0.39 is 5.82 Å². The highest BCUT2D eigenvalue weighted by molar-refractivity contribution is 9.10. The molecular formula is C14H14BrFN4O3. The van der Waals surface area contributed by atoms with Gasteiger partial charge in [-0.25, -0.2) is 19.1 Å². The summed E-state index contributed by atoms with van der Waals surface area (Å²) in [4.78, 5) is 28.1. The van der Waals surface area contributed by atoms with Crippen LogP contribution in [0.1, 0.15) is 5.69 Å². The second-order valence-electron chi connectivity index (χ2n) is 5.02. The molecule has 1 aliphatic rings. The normalized spacial score (nSPS) is 14.3. The molecule has 23 heavy (non-hydrogen) atoms. The van der Waals surface area contributed by atoms with Gasteiger partial charge in [-0.05, 0) is 18.2 Å². The van der Waals surface area contributed by atoms with Crippen molar-refractivity contribution >= 4 is 33.3 Å². The lowest BCUT2D eigenvalue weighted by Gasteiger charge is -2.12. The minimum absolute atomic E-state index is 0.00492. The molecule has 0 spiro atoms. The lowest BCUT2D eigenvalue weighted by molar-refractivity contribution is -0.300. The average molecular weight is 385 g/mol. The van der Waals surface area contributed by atoms with Gasteiger partial charge in [0.2, 0.25) is 5.91 Å². The van der Waals surface area contributed by atoms with E-state index in [1.165, 1.54) is 12.1 Å². The number of anilines is 2. The van der Waals surface area contributed by atoms with Gasteiger partial charge in [-0.2, -0.15) is 0 Å². The van der Waals surface area contributed by atoms with Crippen LogP contribution in [0.4, 0.5) is 15.9 Å². The second kappa shape index (κ2) is 6.65. The van der Waals surface area contributed by atoms with Crippen molar-refractivity contribution in [2.45, 2.75) is 13.2 Å². The third kappa shape index (κ3) is 3.52. The molecule has 7 nitrogen and oxygen atoms in total. The number of nitrogens with one attached hydrogen (secondary N) is 1. The number of carbonyl (C=O) groups is 1. The van der Waals surface area contributed by atoms with Crippen LogP contribution in [-0.4, -0.2) is 29.2 Å². The van der Waals surface area contributed by atoms with Gasteiger partial charge in [0.1, 0.15) is 19.0 Å². The van der Waals surface area contributed by atoms with Crippen LogP contribution in [0.25, 0.3) is 0 Å². The second-order valence-corrected chi connectivity index (χ2v) is 5.94. The largest absolute Gasteiger partial charge is 0.332 e. The highest BCUT2D eigenvalue weighted by Crippen LogP contribution is 2.22. The first-order valence-corrected chi connectivity index (χ1v) is 7.58. The van der Waals surface area contributed by atoms with Crippen molar-refractivity contribution < 1.29 is 19.0 Å². The summed E-state index contributed by atoms with van der Waals surface area (Å²) in [6.07, 6.45) is 1.55. The van der Waals surface area contributed by atoms with Crippen LogP contribution in [0.3, 0.4) is 0 Å². The van der Waals surface area contributed by atoms with Gasteiger partial charge < -0.3 is 14.8 Å². The highest BCUT2D eigenvalue weighted by Gasteiger charge is 2.20. The Morgan fingerprint density at radius 3 is 3.09 bits per heavy atom. The maximum absolute atomic E-state index is 13.8. The van der Waals surface area contributed by atoms with Crippen molar-refractivity contribution in [3.05, 3.63) is 40.5 Å². The van der Waals surface area contributed by atoms with E-state index in [0.717, 1.165) is 5.69 Å². The molecule has 122 valence electrons. The number of hydrogen-bond donors (Lipinski definition) is 1. The smallest absolute Gasteiger partial charge is 0.244 e. The molecule has 0 atom stereocenters. The molecule has 0 saturated heterocycles. The van der Waals surface area contributed by atoms with Crippen molar-refractivity contribution in [3.8, 4) is 0 Å². The number of imidazole rings is 1.